The fourth-order valence-corrected chi connectivity index (χ4v) is 5.53. The molecule has 0 spiro atoms. The normalized spacial score (nSPS) is 24.2. The number of aromatic nitrogens is 1. The van der Waals surface area contributed by atoms with Crippen LogP contribution >= 0.6 is 11.3 Å². The molecule has 2 aromatic rings. The summed E-state index contributed by atoms with van der Waals surface area (Å²) in [6.45, 7) is 6.12. The van der Waals surface area contributed by atoms with Gasteiger partial charge in [-0.05, 0) is 55.6 Å². The minimum Gasteiger partial charge on any atom is -0.397 e. The van der Waals surface area contributed by atoms with Crippen LogP contribution in [0.15, 0.2) is 6.07 Å². The van der Waals surface area contributed by atoms with Crippen molar-refractivity contribution < 1.29 is 4.79 Å². The van der Waals surface area contributed by atoms with Gasteiger partial charge in [0, 0.05) is 24.2 Å². The molecule has 2 atom stereocenters. The first-order valence-corrected chi connectivity index (χ1v) is 10.3. The summed E-state index contributed by atoms with van der Waals surface area (Å²) < 4.78 is 0. The summed E-state index contributed by atoms with van der Waals surface area (Å²) in [5.41, 5.74) is 9.59. The fraction of sp³-hybridized carbons (Fsp3) is 0.600. The number of carbonyl (C=O) groups is 1. The van der Waals surface area contributed by atoms with Crippen LogP contribution in [0.25, 0.3) is 10.2 Å². The summed E-state index contributed by atoms with van der Waals surface area (Å²) in [7, 11) is 0. The molecule has 4 nitrogen and oxygen atoms in total. The van der Waals surface area contributed by atoms with Crippen molar-refractivity contribution in [1.82, 2.24) is 9.88 Å². The highest BCUT2D eigenvalue weighted by Crippen LogP contribution is 2.36. The van der Waals surface area contributed by atoms with E-state index in [4.69, 9.17) is 10.7 Å². The van der Waals surface area contributed by atoms with Crippen LogP contribution in [0.3, 0.4) is 0 Å². The number of carbonyl (C=O) groups excluding carboxylic acids is 1. The maximum Gasteiger partial charge on any atom is 0.266 e. The Morgan fingerprint density at radius 2 is 1.92 bits per heavy atom. The number of anilines is 1. The summed E-state index contributed by atoms with van der Waals surface area (Å²) in [4.78, 5) is 21.6. The molecule has 134 valence electrons. The average Bonchev–Trinajstić information content (AvgIpc) is 2.75. The molecular formula is C20H27N3OS. The first-order valence-electron chi connectivity index (χ1n) is 9.53. The van der Waals surface area contributed by atoms with E-state index in [9.17, 15) is 4.79 Å². The highest BCUT2D eigenvalue weighted by atomic mass is 32.1. The molecule has 1 amide bonds. The summed E-state index contributed by atoms with van der Waals surface area (Å²) >= 11 is 1.48. The maximum atomic E-state index is 13.1. The third kappa shape index (κ3) is 3.14. The number of aryl methyl sites for hydroxylation is 2. The molecule has 0 radical (unpaired) electrons. The average molecular weight is 358 g/mol. The van der Waals surface area contributed by atoms with Crippen molar-refractivity contribution in [2.75, 3.05) is 18.8 Å². The van der Waals surface area contributed by atoms with Crippen LogP contribution in [0.5, 0.6) is 0 Å². The van der Waals surface area contributed by atoms with E-state index in [0.717, 1.165) is 36.1 Å². The van der Waals surface area contributed by atoms with E-state index in [0.29, 0.717) is 22.4 Å². The number of piperidine rings is 1. The molecule has 1 fully saturated rings. The number of fused-ring (bicyclic) bond motifs is 2. The van der Waals surface area contributed by atoms with E-state index in [-0.39, 0.29) is 5.91 Å². The van der Waals surface area contributed by atoms with Crippen LogP contribution in [0, 0.1) is 11.8 Å². The largest absolute Gasteiger partial charge is 0.397 e. The highest BCUT2D eigenvalue weighted by molar-refractivity contribution is 7.21. The molecule has 5 heteroatoms. The second-order valence-corrected chi connectivity index (χ2v) is 9.01. The minimum atomic E-state index is 0.0918. The predicted molar refractivity (Wildman–Crippen MR) is 104 cm³/mol. The summed E-state index contributed by atoms with van der Waals surface area (Å²) in [5.74, 6) is 1.20. The van der Waals surface area contributed by atoms with E-state index >= 15 is 0 Å². The molecule has 2 unspecified atom stereocenters. The van der Waals surface area contributed by atoms with E-state index in [2.05, 4.69) is 19.9 Å². The molecule has 4 rings (SSSR count). The fourth-order valence-electron chi connectivity index (χ4n) is 4.47. The lowest BCUT2D eigenvalue weighted by Crippen LogP contribution is -2.42. The van der Waals surface area contributed by atoms with Crippen molar-refractivity contribution in [2.45, 2.75) is 52.4 Å². The van der Waals surface area contributed by atoms with Crippen LogP contribution in [0.2, 0.25) is 0 Å². The summed E-state index contributed by atoms with van der Waals surface area (Å²) in [6.07, 6.45) is 7.03. The van der Waals surface area contributed by atoms with Crippen molar-refractivity contribution in [2.24, 2.45) is 11.8 Å². The van der Waals surface area contributed by atoms with Crippen LogP contribution in [-0.2, 0) is 12.8 Å². The number of likely N-dealkylation sites (tertiary alicyclic amines) is 1. The zero-order valence-corrected chi connectivity index (χ0v) is 16.0. The smallest absolute Gasteiger partial charge is 0.266 e. The molecule has 1 saturated heterocycles. The van der Waals surface area contributed by atoms with Gasteiger partial charge in [0.1, 0.15) is 9.71 Å². The third-order valence-electron chi connectivity index (χ3n) is 5.60. The number of amides is 1. The van der Waals surface area contributed by atoms with E-state index in [1.807, 2.05) is 4.90 Å². The quantitative estimate of drug-likeness (QED) is 0.776. The van der Waals surface area contributed by atoms with Crippen molar-refractivity contribution >= 4 is 33.1 Å². The summed E-state index contributed by atoms with van der Waals surface area (Å²) in [5, 5.41) is 0.979. The van der Waals surface area contributed by atoms with Gasteiger partial charge in [-0.25, -0.2) is 4.98 Å². The number of rotatable bonds is 1. The van der Waals surface area contributed by atoms with Crippen LogP contribution in [-0.4, -0.2) is 28.9 Å². The van der Waals surface area contributed by atoms with Gasteiger partial charge in [0.25, 0.3) is 5.91 Å². The molecule has 0 aromatic carbocycles. The second kappa shape index (κ2) is 6.60. The Labute approximate surface area is 153 Å². The molecule has 1 aliphatic carbocycles. The van der Waals surface area contributed by atoms with E-state index in [1.165, 1.54) is 48.3 Å². The van der Waals surface area contributed by atoms with Gasteiger partial charge in [-0.3, -0.25) is 4.79 Å². The Balaban J connectivity index is 1.70. The molecule has 1 aliphatic heterocycles. The molecule has 2 aromatic heterocycles. The monoisotopic (exact) mass is 357 g/mol. The van der Waals surface area contributed by atoms with E-state index < -0.39 is 0 Å². The number of nitrogen functional groups attached to an aromatic ring is 1. The summed E-state index contributed by atoms with van der Waals surface area (Å²) in [6, 6.07) is 2.20. The standard InChI is InChI=1S/C20H27N3OS/c1-12-8-13(2)11-23(10-12)20(24)18-17(21)15-9-14-6-4-3-5-7-16(14)22-19(15)25-18/h9,12-13H,3-8,10-11,21H2,1-2H3. The van der Waals surface area contributed by atoms with Gasteiger partial charge < -0.3 is 10.6 Å². The molecule has 0 saturated carbocycles. The first kappa shape index (κ1) is 16.8. The highest BCUT2D eigenvalue weighted by Gasteiger charge is 2.29. The first-order chi connectivity index (χ1) is 12.0. The lowest BCUT2D eigenvalue weighted by Gasteiger charge is -2.34. The maximum absolute atomic E-state index is 13.1. The molecule has 25 heavy (non-hydrogen) atoms. The molecule has 0 bridgehead atoms. The molecule has 2 N–H and O–H groups in total. The van der Waals surface area contributed by atoms with Crippen LogP contribution in [0.4, 0.5) is 5.69 Å². The van der Waals surface area contributed by atoms with Crippen molar-refractivity contribution in [3.63, 3.8) is 0 Å². The van der Waals surface area contributed by atoms with Gasteiger partial charge in [0.15, 0.2) is 0 Å². The van der Waals surface area contributed by atoms with Crippen molar-refractivity contribution in [1.29, 1.82) is 0 Å². The van der Waals surface area contributed by atoms with E-state index in [1.54, 1.807) is 0 Å². The SMILES string of the molecule is CC1CC(C)CN(C(=O)c2sc3nc4c(cc3c2N)CCCCC4)C1. The number of hydrogen-bond acceptors (Lipinski definition) is 4. The Kier molecular flexibility index (Phi) is 4.44. The van der Waals surface area contributed by atoms with Gasteiger partial charge in [-0.1, -0.05) is 20.3 Å². The third-order valence-corrected chi connectivity index (χ3v) is 6.70. The number of pyridine rings is 1. The van der Waals surface area contributed by atoms with Crippen molar-refractivity contribution in [3.05, 3.63) is 22.2 Å². The van der Waals surface area contributed by atoms with Gasteiger partial charge in [-0.15, -0.1) is 11.3 Å². The van der Waals surface area contributed by atoms with Gasteiger partial charge in [0.2, 0.25) is 0 Å². The number of thiophene rings is 1. The lowest BCUT2D eigenvalue weighted by molar-refractivity contribution is 0.0629. The van der Waals surface area contributed by atoms with Crippen LogP contribution < -0.4 is 5.73 Å². The second-order valence-electron chi connectivity index (χ2n) is 8.01. The molecule has 3 heterocycles. The predicted octanol–water partition coefficient (Wildman–Crippen LogP) is 4.27. The van der Waals surface area contributed by atoms with Gasteiger partial charge >= 0.3 is 0 Å². The zero-order valence-electron chi connectivity index (χ0n) is 15.2. The minimum absolute atomic E-state index is 0.0918. The van der Waals surface area contributed by atoms with Gasteiger partial charge in [-0.2, -0.15) is 0 Å². The topological polar surface area (TPSA) is 59.2 Å². The number of hydrogen-bond donors (Lipinski definition) is 1. The Bertz CT molecular complexity index is 803. The molecular weight excluding hydrogens is 330 g/mol. The van der Waals surface area contributed by atoms with Gasteiger partial charge in [0.05, 0.1) is 5.69 Å². The lowest BCUT2D eigenvalue weighted by atomic mass is 9.92. The Morgan fingerprint density at radius 1 is 1.20 bits per heavy atom. The Hall–Kier alpha value is -1.62. The van der Waals surface area contributed by atoms with Crippen LogP contribution in [0.1, 0.15) is 60.5 Å². The molecule has 2 aliphatic rings. The zero-order chi connectivity index (χ0) is 17.6. The number of nitrogens with two attached hydrogens (primary N) is 1. The number of nitrogens with zero attached hydrogens (tertiary/aromatic N) is 2. The van der Waals surface area contributed by atoms with Crippen molar-refractivity contribution in [3.8, 4) is 0 Å². The Morgan fingerprint density at radius 3 is 2.68 bits per heavy atom.